The van der Waals surface area contributed by atoms with Gasteiger partial charge in [0.25, 0.3) is 5.91 Å². The SMILES string of the molecule is O=C(Nc1ccccc1)C1CCN(C(=O)c2cccc3c4c([nH]c23)CCCC4)CC1. The highest BCUT2D eigenvalue weighted by Crippen LogP contribution is 2.32. The zero-order chi connectivity index (χ0) is 20.5. The Morgan fingerprint density at radius 1 is 0.933 bits per heavy atom. The number of anilines is 1. The molecule has 5 rings (SSSR count). The maximum Gasteiger partial charge on any atom is 0.255 e. The van der Waals surface area contributed by atoms with E-state index < -0.39 is 0 Å². The summed E-state index contributed by atoms with van der Waals surface area (Å²) in [5.74, 6) is 0.0661. The van der Waals surface area contributed by atoms with Gasteiger partial charge >= 0.3 is 0 Å². The van der Waals surface area contributed by atoms with Gasteiger partial charge in [-0.25, -0.2) is 0 Å². The summed E-state index contributed by atoms with van der Waals surface area (Å²) in [6.07, 6.45) is 5.98. The molecule has 2 aromatic carbocycles. The van der Waals surface area contributed by atoms with Crippen LogP contribution >= 0.6 is 0 Å². The maximum absolute atomic E-state index is 13.3. The van der Waals surface area contributed by atoms with Gasteiger partial charge in [-0.15, -0.1) is 0 Å². The number of carbonyl (C=O) groups excluding carboxylic acids is 2. The minimum atomic E-state index is -0.0529. The number of piperidine rings is 1. The standard InChI is InChI=1S/C25H27N3O2/c29-24(26-18-7-2-1-3-8-18)17-13-15-28(16-14-17)25(30)21-11-6-10-20-19-9-4-5-12-22(19)27-23(20)21/h1-3,6-8,10-11,17,27H,4-5,9,12-16H2,(H,26,29). The van der Waals surface area contributed by atoms with E-state index >= 15 is 0 Å². The summed E-state index contributed by atoms with van der Waals surface area (Å²) >= 11 is 0. The first kappa shape index (κ1) is 18.9. The molecule has 154 valence electrons. The second-order valence-corrected chi connectivity index (χ2v) is 8.44. The van der Waals surface area contributed by atoms with Gasteiger partial charge in [0.2, 0.25) is 5.91 Å². The number of aromatic amines is 1. The van der Waals surface area contributed by atoms with E-state index in [0.717, 1.165) is 29.6 Å². The zero-order valence-electron chi connectivity index (χ0n) is 17.1. The summed E-state index contributed by atoms with van der Waals surface area (Å²) < 4.78 is 0. The van der Waals surface area contributed by atoms with Gasteiger partial charge in [-0.1, -0.05) is 30.3 Å². The van der Waals surface area contributed by atoms with E-state index in [1.807, 2.05) is 47.4 Å². The van der Waals surface area contributed by atoms with E-state index in [1.54, 1.807) is 0 Å². The molecule has 0 radical (unpaired) electrons. The van der Waals surface area contributed by atoms with Crippen LogP contribution in [0.5, 0.6) is 0 Å². The van der Waals surface area contributed by atoms with Gasteiger partial charge in [0.15, 0.2) is 0 Å². The van der Waals surface area contributed by atoms with Crippen molar-refractivity contribution in [2.75, 3.05) is 18.4 Å². The van der Waals surface area contributed by atoms with E-state index in [0.29, 0.717) is 25.9 Å². The van der Waals surface area contributed by atoms with Crippen molar-refractivity contribution in [3.05, 3.63) is 65.4 Å². The van der Waals surface area contributed by atoms with Crippen molar-refractivity contribution < 1.29 is 9.59 Å². The number of carbonyl (C=O) groups is 2. The molecule has 0 bridgehead atoms. The summed E-state index contributed by atoms with van der Waals surface area (Å²) in [6.45, 7) is 1.23. The molecule has 30 heavy (non-hydrogen) atoms. The number of aryl methyl sites for hydroxylation is 2. The van der Waals surface area contributed by atoms with E-state index in [4.69, 9.17) is 0 Å². The first-order chi connectivity index (χ1) is 14.7. The third kappa shape index (κ3) is 3.49. The van der Waals surface area contributed by atoms with E-state index in [9.17, 15) is 9.59 Å². The van der Waals surface area contributed by atoms with Crippen molar-refractivity contribution >= 4 is 28.4 Å². The Morgan fingerprint density at radius 3 is 2.50 bits per heavy atom. The highest BCUT2D eigenvalue weighted by atomic mass is 16.2. The van der Waals surface area contributed by atoms with Crippen LogP contribution in [0.3, 0.4) is 0 Å². The molecule has 5 heteroatoms. The van der Waals surface area contributed by atoms with E-state index in [-0.39, 0.29) is 17.7 Å². The van der Waals surface area contributed by atoms with Crippen molar-refractivity contribution in [1.82, 2.24) is 9.88 Å². The lowest BCUT2D eigenvalue weighted by molar-refractivity contribution is -0.121. The predicted octanol–water partition coefficient (Wildman–Crippen LogP) is 4.54. The van der Waals surface area contributed by atoms with Crippen LogP contribution in [0.2, 0.25) is 0 Å². The average Bonchev–Trinajstić information content (AvgIpc) is 3.18. The highest BCUT2D eigenvalue weighted by molar-refractivity contribution is 6.07. The van der Waals surface area contributed by atoms with Crippen molar-refractivity contribution in [3.8, 4) is 0 Å². The molecule has 2 N–H and O–H groups in total. The fourth-order valence-electron chi connectivity index (χ4n) is 4.89. The molecule has 1 aliphatic heterocycles. The number of fused-ring (bicyclic) bond motifs is 3. The van der Waals surface area contributed by atoms with Crippen molar-refractivity contribution in [1.29, 1.82) is 0 Å². The quantitative estimate of drug-likeness (QED) is 0.677. The smallest absolute Gasteiger partial charge is 0.255 e. The second-order valence-electron chi connectivity index (χ2n) is 8.44. The number of nitrogens with zero attached hydrogens (tertiary/aromatic N) is 1. The number of hydrogen-bond acceptors (Lipinski definition) is 2. The molecule has 1 saturated heterocycles. The maximum atomic E-state index is 13.3. The van der Waals surface area contributed by atoms with Crippen LogP contribution in [0.1, 0.15) is 47.3 Å². The van der Waals surface area contributed by atoms with E-state index in [2.05, 4.69) is 16.4 Å². The number of rotatable bonds is 3. The van der Waals surface area contributed by atoms with Gasteiger partial charge in [-0.3, -0.25) is 9.59 Å². The normalized spacial score (nSPS) is 17.0. The lowest BCUT2D eigenvalue weighted by Crippen LogP contribution is -2.41. The minimum absolute atomic E-state index is 0.0486. The molecule has 1 aromatic heterocycles. The van der Waals surface area contributed by atoms with Gasteiger partial charge in [0.1, 0.15) is 0 Å². The molecular formula is C25H27N3O2. The molecule has 1 fully saturated rings. The zero-order valence-corrected chi connectivity index (χ0v) is 17.1. The van der Waals surface area contributed by atoms with Crippen LogP contribution in [0.25, 0.3) is 10.9 Å². The largest absolute Gasteiger partial charge is 0.358 e. The Morgan fingerprint density at radius 2 is 1.70 bits per heavy atom. The minimum Gasteiger partial charge on any atom is -0.358 e. The average molecular weight is 402 g/mol. The molecule has 0 atom stereocenters. The molecule has 2 heterocycles. The summed E-state index contributed by atoms with van der Waals surface area (Å²) in [4.78, 5) is 31.3. The Balaban J connectivity index is 1.28. The number of nitrogens with one attached hydrogen (secondary N) is 2. The molecule has 2 amide bonds. The number of H-pyrrole nitrogens is 1. The summed E-state index contributed by atoms with van der Waals surface area (Å²) in [5, 5.41) is 4.19. The Kier molecular flexibility index (Phi) is 5.03. The fourth-order valence-corrected chi connectivity index (χ4v) is 4.89. The van der Waals surface area contributed by atoms with Crippen LogP contribution < -0.4 is 5.32 Å². The van der Waals surface area contributed by atoms with Gasteiger partial charge < -0.3 is 15.2 Å². The first-order valence-electron chi connectivity index (χ1n) is 11.0. The van der Waals surface area contributed by atoms with Crippen molar-refractivity contribution in [3.63, 3.8) is 0 Å². The Hall–Kier alpha value is -3.08. The van der Waals surface area contributed by atoms with Crippen molar-refractivity contribution in [2.45, 2.75) is 38.5 Å². The third-order valence-electron chi connectivity index (χ3n) is 6.56. The first-order valence-corrected chi connectivity index (χ1v) is 11.0. The highest BCUT2D eigenvalue weighted by Gasteiger charge is 2.29. The van der Waals surface area contributed by atoms with Gasteiger partial charge in [0, 0.05) is 35.8 Å². The molecule has 0 spiro atoms. The van der Waals surface area contributed by atoms with Crippen LogP contribution in [-0.4, -0.2) is 34.8 Å². The molecule has 0 saturated carbocycles. The lowest BCUT2D eigenvalue weighted by atomic mass is 9.94. The fraction of sp³-hybridized carbons (Fsp3) is 0.360. The lowest BCUT2D eigenvalue weighted by Gasteiger charge is -2.31. The number of amides is 2. The topological polar surface area (TPSA) is 65.2 Å². The number of aromatic nitrogens is 1. The molecule has 0 unspecified atom stereocenters. The second kappa shape index (κ2) is 7.98. The Labute approximate surface area is 176 Å². The summed E-state index contributed by atoms with van der Waals surface area (Å²) in [5.41, 5.74) is 5.26. The summed E-state index contributed by atoms with van der Waals surface area (Å²) in [6, 6.07) is 15.6. The molecule has 2 aliphatic rings. The van der Waals surface area contributed by atoms with Gasteiger partial charge in [0.05, 0.1) is 11.1 Å². The third-order valence-corrected chi connectivity index (χ3v) is 6.56. The Bertz CT molecular complexity index is 1080. The van der Waals surface area contributed by atoms with Gasteiger partial charge in [-0.05, 0) is 62.3 Å². The van der Waals surface area contributed by atoms with E-state index in [1.165, 1.54) is 29.5 Å². The van der Waals surface area contributed by atoms with Gasteiger partial charge in [-0.2, -0.15) is 0 Å². The number of benzene rings is 2. The van der Waals surface area contributed by atoms with Crippen LogP contribution in [0, 0.1) is 5.92 Å². The molecule has 5 nitrogen and oxygen atoms in total. The van der Waals surface area contributed by atoms with Crippen molar-refractivity contribution in [2.24, 2.45) is 5.92 Å². The van der Waals surface area contributed by atoms with Crippen LogP contribution in [-0.2, 0) is 17.6 Å². The molecule has 1 aliphatic carbocycles. The number of hydrogen-bond donors (Lipinski definition) is 2. The van der Waals surface area contributed by atoms with Crippen LogP contribution in [0.4, 0.5) is 5.69 Å². The van der Waals surface area contributed by atoms with Crippen LogP contribution in [0.15, 0.2) is 48.5 Å². The number of likely N-dealkylation sites (tertiary alicyclic amines) is 1. The monoisotopic (exact) mass is 401 g/mol. The molecule has 3 aromatic rings. The predicted molar refractivity (Wildman–Crippen MR) is 119 cm³/mol. The number of para-hydroxylation sites is 2. The summed E-state index contributed by atoms with van der Waals surface area (Å²) in [7, 11) is 0. The molecular weight excluding hydrogens is 374 g/mol.